The number of benzene rings is 1. The van der Waals surface area contributed by atoms with Crippen molar-refractivity contribution < 1.29 is 19.1 Å². The van der Waals surface area contributed by atoms with Gasteiger partial charge in [-0.1, -0.05) is 43.7 Å². The second kappa shape index (κ2) is 8.97. The molecule has 5 heteroatoms. The lowest BCUT2D eigenvalue weighted by Gasteiger charge is -2.29. The number of hydrogen-bond donors (Lipinski definition) is 0. The van der Waals surface area contributed by atoms with Crippen LogP contribution in [0.4, 0.5) is 0 Å². The summed E-state index contributed by atoms with van der Waals surface area (Å²) in [5.41, 5.74) is 2.12. The molecule has 0 N–H and O–H groups in total. The third kappa shape index (κ3) is 4.93. The first-order valence-corrected chi connectivity index (χ1v) is 9.29. The molecule has 5 nitrogen and oxygen atoms in total. The zero-order valence-electron chi connectivity index (χ0n) is 16.2. The van der Waals surface area contributed by atoms with Gasteiger partial charge in [0.1, 0.15) is 0 Å². The van der Waals surface area contributed by atoms with Crippen molar-refractivity contribution in [3.8, 4) is 0 Å². The number of hydrogen-bond acceptors (Lipinski definition) is 4. The van der Waals surface area contributed by atoms with E-state index in [2.05, 4.69) is 0 Å². The molecule has 142 valence electrons. The smallest absolute Gasteiger partial charge is 0.306 e. The zero-order valence-corrected chi connectivity index (χ0v) is 16.2. The molecule has 1 heterocycles. The quantitative estimate of drug-likeness (QED) is 0.702. The highest BCUT2D eigenvalue weighted by Crippen LogP contribution is 2.26. The molecule has 2 rings (SSSR count). The molecule has 1 amide bonds. The van der Waals surface area contributed by atoms with E-state index in [4.69, 9.17) is 4.74 Å². The Morgan fingerprint density at radius 3 is 2.42 bits per heavy atom. The third-order valence-electron chi connectivity index (χ3n) is 5.14. The maximum atomic E-state index is 13.0. The van der Waals surface area contributed by atoms with Crippen LogP contribution in [0.25, 0.3) is 0 Å². The molecular formula is C21H29NO4. The van der Waals surface area contributed by atoms with Crippen molar-refractivity contribution in [2.45, 2.75) is 52.5 Å². The van der Waals surface area contributed by atoms with Gasteiger partial charge in [-0.3, -0.25) is 14.4 Å². The van der Waals surface area contributed by atoms with Crippen molar-refractivity contribution in [3.05, 3.63) is 35.4 Å². The lowest BCUT2D eigenvalue weighted by Crippen LogP contribution is -2.45. The number of nitrogens with zero attached hydrogens (tertiary/aromatic N) is 1. The molecular weight excluding hydrogens is 330 g/mol. The fraction of sp³-hybridized carbons (Fsp3) is 0.571. The Morgan fingerprint density at radius 2 is 1.85 bits per heavy atom. The van der Waals surface area contributed by atoms with Gasteiger partial charge in [-0.25, -0.2) is 0 Å². The van der Waals surface area contributed by atoms with Crippen LogP contribution >= 0.6 is 0 Å². The Balaban J connectivity index is 2.09. The lowest BCUT2D eigenvalue weighted by atomic mass is 9.90. The van der Waals surface area contributed by atoms with Crippen LogP contribution in [0, 0.1) is 18.8 Å². The van der Waals surface area contributed by atoms with Crippen molar-refractivity contribution in [1.29, 1.82) is 0 Å². The minimum absolute atomic E-state index is 0.00931. The molecule has 0 aliphatic carbocycles. The maximum Gasteiger partial charge on any atom is 0.306 e. The summed E-state index contributed by atoms with van der Waals surface area (Å²) in [6, 6.07) is 7.52. The number of carbonyl (C=O) groups is 3. The largest absolute Gasteiger partial charge is 0.469 e. The standard InChI is InChI=1S/C21H29NO4/c1-14(2)17(13-20(24)26-4)21(25)22-11-5-6-18(22)19(23)12-16-9-7-15(3)8-10-16/h7-10,14,17-18H,5-6,11-13H2,1-4H3/t17-,18-/m0/s1. The topological polar surface area (TPSA) is 63.7 Å². The van der Waals surface area contributed by atoms with Crippen LogP contribution in [0.3, 0.4) is 0 Å². The van der Waals surface area contributed by atoms with Gasteiger partial charge < -0.3 is 9.64 Å². The fourth-order valence-corrected chi connectivity index (χ4v) is 3.47. The Labute approximate surface area is 155 Å². The molecule has 1 fully saturated rings. The average molecular weight is 359 g/mol. The van der Waals surface area contributed by atoms with E-state index in [1.54, 1.807) is 4.90 Å². The molecule has 1 aliphatic heterocycles. The second-order valence-corrected chi connectivity index (χ2v) is 7.45. The minimum Gasteiger partial charge on any atom is -0.469 e. The van der Waals surface area contributed by atoms with Crippen molar-refractivity contribution in [2.75, 3.05) is 13.7 Å². The van der Waals surface area contributed by atoms with Crippen LogP contribution in [0.15, 0.2) is 24.3 Å². The van der Waals surface area contributed by atoms with E-state index >= 15 is 0 Å². The monoisotopic (exact) mass is 359 g/mol. The zero-order chi connectivity index (χ0) is 19.3. The van der Waals surface area contributed by atoms with Gasteiger partial charge in [0.25, 0.3) is 0 Å². The highest BCUT2D eigenvalue weighted by atomic mass is 16.5. The molecule has 0 aromatic heterocycles. The molecule has 0 bridgehead atoms. The van der Waals surface area contributed by atoms with Crippen molar-refractivity contribution in [1.82, 2.24) is 4.90 Å². The van der Waals surface area contributed by atoms with Gasteiger partial charge in [0, 0.05) is 13.0 Å². The molecule has 2 atom stereocenters. The van der Waals surface area contributed by atoms with Crippen molar-refractivity contribution >= 4 is 17.7 Å². The van der Waals surface area contributed by atoms with E-state index in [1.165, 1.54) is 7.11 Å². The van der Waals surface area contributed by atoms with Gasteiger partial charge >= 0.3 is 5.97 Å². The average Bonchev–Trinajstić information content (AvgIpc) is 3.10. The highest BCUT2D eigenvalue weighted by Gasteiger charge is 2.38. The summed E-state index contributed by atoms with van der Waals surface area (Å²) in [6.45, 7) is 6.43. The highest BCUT2D eigenvalue weighted by molar-refractivity contribution is 5.92. The molecule has 0 unspecified atom stereocenters. The molecule has 0 radical (unpaired) electrons. The van der Waals surface area contributed by atoms with Gasteiger partial charge in [0.05, 0.1) is 25.5 Å². The lowest BCUT2D eigenvalue weighted by molar-refractivity contribution is -0.149. The summed E-state index contributed by atoms with van der Waals surface area (Å²) in [7, 11) is 1.33. The van der Waals surface area contributed by atoms with Gasteiger partial charge in [0.15, 0.2) is 5.78 Å². The Hall–Kier alpha value is -2.17. The van der Waals surface area contributed by atoms with Gasteiger partial charge in [-0.15, -0.1) is 0 Å². The van der Waals surface area contributed by atoms with E-state index in [-0.39, 0.29) is 30.1 Å². The molecule has 1 saturated heterocycles. The number of ether oxygens (including phenoxy) is 1. The van der Waals surface area contributed by atoms with Crippen molar-refractivity contribution in [3.63, 3.8) is 0 Å². The normalized spacial score (nSPS) is 18.0. The molecule has 1 aromatic carbocycles. The number of likely N-dealkylation sites (tertiary alicyclic amines) is 1. The summed E-state index contributed by atoms with van der Waals surface area (Å²) in [5.74, 6) is -0.866. The van der Waals surface area contributed by atoms with Crippen LogP contribution in [-0.2, 0) is 25.5 Å². The van der Waals surface area contributed by atoms with E-state index in [9.17, 15) is 14.4 Å². The molecule has 1 aliphatic rings. The van der Waals surface area contributed by atoms with E-state index < -0.39 is 11.9 Å². The number of Topliss-reactive ketones (excluding diaryl/α,β-unsaturated/α-hetero) is 1. The number of carbonyl (C=O) groups excluding carboxylic acids is 3. The van der Waals surface area contributed by atoms with Gasteiger partial charge in [-0.2, -0.15) is 0 Å². The second-order valence-electron chi connectivity index (χ2n) is 7.45. The Bertz CT molecular complexity index is 650. The maximum absolute atomic E-state index is 13.0. The Morgan fingerprint density at radius 1 is 1.19 bits per heavy atom. The Kier molecular flexibility index (Phi) is 6.95. The minimum atomic E-state index is -0.449. The van der Waals surface area contributed by atoms with Gasteiger partial charge in [-0.05, 0) is 31.2 Å². The van der Waals surface area contributed by atoms with Crippen LogP contribution in [0.2, 0.25) is 0 Å². The fourth-order valence-electron chi connectivity index (χ4n) is 3.47. The summed E-state index contributed by atoms with van der Waals surface area (Å²) >= 11 is 0. The summed E-state index contributed by atoms with van der Waals surface area (Å²) in [5, 5.41) is 0. The summed E-state index contributed by atoms with van der Waals surface area (Å²) < 4.78 is 4.73. The third-order valence-corrected chi connectivity index (χ3v) is 5.14. The van der Waals surface area contributed by atoms with Crippen LogP contribution in [0.1, 0.15) is 44.2 Å². The van der Waals surface area contributed by atoms with Crippen LogP contribution in [-0.4, -0.2) is 42.3 Å². The first-order chi connectivity index (χ1) is 12.3. The van der Waals surface area contributed by atoms with E-state index in [1.807, 2.05) is 45.0 Å². The number of aryl methyl sites for hydroxylation is 1. The number of methoxy groups -OCH3 is 1. The van der Waals surface area contributed by atoms with Crippen LogP contribution in [0.5, 0.6) is 0 Å². The number of esters is 1. The SMILES string of the molecule is COC(=O)C[C@H](C(=O)N1CCC[C@H]1C(=O)Cc1ccc(C)cc1)C(C)C. The van der Waals surface area contributed by atoms with E-state index in [0.717, 1.165) is 17.5 Å². The van der Waals surface area contributed by atoms with Gasteiger partial charge in [0.2, 0.25) is 5.91 Å². The van der Waals surface area contributed by atoms with Crippen LogP contribution < -0.4 is 0 Å². The molecule has 1 aromatic rings. The predicted molar refractivity (Wildman–Crippen MR) is 99.6 cm³/mol. The number of amides is 1. The first-order valence-electron chi connectivity index (χ1n) is 9.29. The summed E-state index contributed by atoms with van der Waals surface area (Å²) in [6.07, 6.45) is 1.90. The molecule has 0 spiro atoms. The molecule has 0 saturated carbocycles. The van der Waals surface area contributed by atoms with Crippen molar-refractivity contribution in [2.24, 2.45) is 11.8 Å². The number of ketones is 1. The summed E-state index contributed by atoms with van der Waals surface area (Å²) in [4.78, 5) is 39.2. The first kappa shape index (κ1) is 20.1. The van der Waals surface area contributed by atoms with E-state index in [0.29, 0.717) is 19.4 Å². The predicted octanol–water partition coefficient (Wildman–Crippen LogP) is 2.93. The molecule has 26 heavy (non-hydrogen) atoms. The number of rotatable bonds is 7.